The second kappa shape index (κ2) is 6.26. The minimum absolute atomic E-state index is 0.0572. The molecule has 0 fully saturated rings. The number of hydrogen-bond acceptors (Lipinski definition) is 3. The number of para-hydroxylation sites is 1. The smallest absolute Gasteiger partial charge is 0.354 e. The van der Waals surface area contributed by atoms with Crippen molar-refractivity contribution in [2.75, 3.05) is 0 Å². The van der Waals surface area contributed by atoms with Gasteiger partial charge in [0, 0.05) is 10.9 Å². The Kier molecular flexibility index (Phi) is 4.17. The number of nitrogens with zero attached hydrogens (tertiary/aromatic N) is 1. The number of ether oxygens (including phenoxy) is 1. The van der Waals surface area contributed by atoms with Gasteiger partial charge >= 0.3 is 5.97 Å². The molecule has 0 aliphatic heterocycles. The number of carboxylic acids is 1. The number of aromatic carboxylic acids is 1. The van der Waals surface area contributed by atoms with Crippen molar-refractivity contribution < 1.29 is 14.6 Å². The van der Waals surface area contributed by atoms with Crippen LogP contribution in [0.1, 0.15) is 21.6 Å². The fourth-order valence-electron chi connectivity index (χ4n) is 2.38. The lowest BCUT2D eigenvalue weighted by Gasteiger charge is -2.12. The number of carboxylic acid groups (broad SMARTS) is 1. The van der Waals surface area contributed by atoms with Crippen molar-refractivity contribution in [2.45, 2.75) is 13.5 Å². The summed E-state index contributed by atoms with van der Waals surface area (Å²) < 4.78 is 5.82. The highest BCUT2D eigenvalue weighted by molar-refractivity contribution is 6.36. The van der Waals surface area contributed by atoms with Gasteiger partial charge in [-0.15, -0.1) is 0 Å². The van der Waals surface area contributed by atoms with Crippen molar-refractivity contribution in [3.05, 3.63) is 70.4 Å². The molecule has 0 radical (unpaired) electrons. The van der Waals surface area contributed by atoms with Gasteiger partial charge in [-0.3, -0.25) is 0 Å². The second-order valence-corrected chi connectivity index (χ2v) is 5.51. The Labute approximate surface area is 138 Å². The summed E-state index contributed by atoms with van der Waals surface area (Å²) in [6, 6.07) is 15.1. The molecule has 116 valence electrons. The van der Waals surface area contributed by atoms with Crippen molar-refractivity contribution >= 4 is 28.5 Å². The molecule has 0 unspecified atom stereocenters. The summed E-state index contributed by atoms with van der Waals surface area (Å²) in [6.45, 7) is 2.02. The highest BCUT2D eigenvalue weighted by Gasteiger charge is 2.17. The van der Waals surface area contributed by atoms with E-state index >= 15 is 0 Å². The first-order chi connectivity index (χ1) is 11.1. The Morgan fingerprint density at radius 1 is 1.17 bits per heavy atom. The Morgan fingerprint density at radius 2 is 1.91 bits per heavy atom. The van der Waals surface area contributed by atoms with Gasteiger partial charge in [-0.1, -0.05) is 54.1 Å². The Morgan fingerprint density at radius 3 is 2.61 bits per heavy atom. The number of aromatic nitrogens is 1. The van der Waals surface area contributed by atoms with E-state index in [1.807, 2.05) is 36.4 Å². The summed E-state index contributed by atoms with van der Waals surface area (Å²) in [5, 5.41) is 10.4. The zero-order chi connectivity index (χ0) is 16.4. The molecule has 0 spiro atoms. The molecule has 1 aromatic heterocycles. The van der Waals surface area contributed by atoms with Gasteiger partial charge in [-0.05, 0) is 18.6 Å². The minimum atomic E-state index is -1.11. The second-order valence-electron chi connectivity index (χ2n) is 5.13. The van der Waals surface area contributed by atoms with E-state index in [1.54, 1.807) is 19.1 Å². The van der Waals surface area contributed by atoms with Crippen molar-refractivity contribution in [2.24, 2.45) is 0 Å². The molecular weight excluding hydrogens is 314 g/mol. The topological polar surface area (TPSA) is 59.4 Å². The lowest BCUT2D eigenvalue weighted by molar-refractivity contribution is 0.0690. The molecule has 2 aromatic carbocycles. The largest absolute Gasteiger partial charge is 0.487 e. The fraction of sp³-hybridized carbons (Fsp3) is 0.111. The average molecular weight is 328 g/mol. The van der Waals surface area contributed by atoms with Crippen LogP contribution in [0.2, 0.25) is 5.02 Å². The van der Waals surface area contributed by atoms with Gasteiger partial charge in [0.1, 0.15) is 17.9 Å². The van der Waals surface area contributed by atoms with E-state index in [0.717, 1.165) is 5.56 Å². The number of hydrogen-bond donors (Lipinski definition) is 1. The quantitative estimate of drug-likeness (QED) is 0.767. The monoisotopic (exact) mass is 327 g/mol. The standard InChI is InChI=1S/C18H14ClNO3/c1-11-15(19)13-8-5-9-14(17(13)20-16(11)18(21)22)23-10-12-6-3-2-4-7-12/h2-9H,10H2,1H3,(H,21,22). The number of pyridine rings is 1. The van der Waals surface area contributed by atoms with Crippen molar-refractivity contribution in [3.8, 4) is 5.75 Å². The van der Waals surface area contributed by atoms with Crippen LogP contribution in [0.25, 0.3) is 10.9 Å². The molecule has 0 aliphatic rings. The minimum Gasteiger partial charge on any atom is -0.487 e. The maximum absolute atomic E-state index is 11.3. The summed E-state index contributed by atoms with van der Waals surface area (Å²) in [5.74, 6) is -0.597. The van der Waals surface area contributed by atoms with Crippen molar-refractivity contribution in [1.29, 1.82) is 0 Å². The van der Waals surface area contributed by atoms with Crippen LogP contribution in [0.4, 0.5) is 0 Å². The molecule has 0 bridgehead atoms. The van der Waals surface area contributed by atoms with Crippen LogP contribution in [0.5, 0.6) is 5.75 Å². The van der Waals surface area contributed by atoms with E-state index < -0.39 is 5.97 Å². The van der Waals surface area contributed by atoms with E-state index in [2.05, 4.69) is 4.98 Å². The third-order valence-electron chi connectivity index (χ3n) is 3.58. The summed E-state index contributed by atoms with van der Waals surface area (Å²) in [6.07, 6.45) is 0. The van der Waals surface area contributed by atoms with Crippen molar-refractivity contribution in [1.82, 2.24) is 4.98 Å². The third-order valence-corrected chi connectivity index (χ3v) is 4.07. The van der Waals surface area contributed by atoms with E-state index in [0.29, 0.717) is 33.8 Å². The zero-order valence-corrected chi connectivity index (χ0v) is 13.2. The van der Waals surface area contributed by atoms with E-state index in [-0.39, 0.29) is 5.69 Å². The summed E-state index contributed by atoms with van der Waals surface area (Å²) in [5.41, 5.74) is 1.86. The predicted molar refractivity (Wildman–Crippen MR) is 89.2 cm³/mol. The van der Waals surface area contributed by atoms with Crippen LogP contribution >= 0.6 is 11.6 Å². The summed E-state index contributed by atoms with van der Waals surface area (Å²) >= 11 is 6.31. The number of halogens is 1. The molecule has 0 amide bonds. The van der Waals surface area contributed by atoms with Crippen molar-refractivity contribution in [3.63, 3.8) is 0 Å². The molecule has 1 N–H and O–H groups in total. The summed E-state index contributed by atoms with van der Waals surface area (Å²) in [4.78, 5) is 15.6. The normalized spacial score (nSPS) is 10.7. The van der Waals surface area contributed by atoms with Crippen LogP contribution in [0, 0.1) is 6.92 Å². The number of benzene rings is 2. The molecule has 23 heavy (non-hydrogen) atoms. The lowest BCUT2D eigenvalue weighted by atomic mass is 10.1. The third kappa shape index (κ3) is 2.98. The zero-order valence-electron chi connectivity index (χ0n) is 12.4. The molecule has 5 heteroatoms. The van der Waals surface area contributed by atoms with Crippen LogP contribution in [0.3, 0.4) is 0 Å². The van der Waals surface area contributed by atoms with Gasteiger partial charge in [0.2, 0.25) is 0 Å². The van der Waals surface area contributed by atoms with E-state index in [1.165, 1.54) is 0 Å². The number of fused-ring (bicyclic) bond motifs is 1. The SMILES string of the molecule is Cc1c(C(=O)O)nc2c(OCc3ccccc3)cccc2c1Cl. The fourth-order valence-corrected chi connectivity index (χ4v) is 2.62. The first-order valence-electron chi connectivity index (χ1n) is 7.06. The molecule has 0 saturated carbocycles. The molecule has 4 nitrogen and oxygen atoms in total. The highest BCUT2D eigenvalue weighted by atomic mass is 35.5. The average Bonchev–Trinajstić information content (AvgIpc) is 2.56. The Hall–Kier alpha value is -2.59. The van der Waals surface area contributed by atoms with Crippen LogP contribution in [-0.4, -0.2) is 16.1 Å². The molecule has 3 aromatic rings. The first-order valence-corrected chi connectivity index (χ1v) is 7.44. The van der Waals surface area contributed by atoms with Gasteiger partial charge in [0.15, 0.2) is 5.69 Å². The summed E-state index contributed by atoms with van der Waals surface area (Å²) in [7, 11) is 0. The Bertz CT molecular complexity index is 878. The van der Waals surface area contributed by atoms with Crippen LogP contribution in [0.15, 0.2) is 48.5 Å². The Balaban J connectivity index is 2.05. The first kappa shape index (κ1) is 15.3. The molecular formula is C18H14ClNO3. The number of carbonyl (C=O) groups is 1. The maximum Gasteiger partial charge on any atom is 0.354 e. The van der Waals surface area contributed by atoms with Gasteiger partial charge in [0.25, 0.3) is 0 Å². The van der Waals surface area contributed by atoms with E-state index in [4.69, 9.17) is 16.3 Å². The molecule has 3 rings (SSSR count). The number of rotatable bonds is 4. The van der Waals surface area contributed by atoms with Gasteiger partial charge < -0.3 is 9.84 Å². The molecule has 0 aliphatic carbocycles. The van der Waals surface area contributed by atoms with Crippen LogP contribution < -0.4 is 4.74 Å². The molecule has 0 saturated heterocycles. The van der Waals surface area contributed by atoms with Gasteiger partial charge in [-0.25, -0.2) is 9.78 Å². The lowest BCUT2D eigenvalue weighted by Crippen LogP contribution is -2.05. The molecule has 0 atom stereocenters. The van der Waals surface area contributed by atoms with Crippen LogP contribution in [-0.2, 0) is 6.61 Å². The molecule has 1 heterocycles. The highest BCUT2D eigenvalue weighted by Crippen LogP contribution is 2.33. The predicted octanol–water partition coefficient (Wildman–Crippen LogP) is 4.47. The maximum atomic E-state index is 11.3. The van der Waals surface area contributed by atoms with Gasteiger partial charge in [0.05, 0.1) is 5.02 Å². The van der Waals surface area contributed by atoms with Gasteiger partial charge in [-0.2, -0.15) is 0 Å². The van der Waals surface area contributed by atoms with E-state index in [9.17, 15) is 9.90 Å².